The van der Waals surface area contributed by atoms with Gasteiger partial charge in [-0.05, 0) is 46.5 Å². The van der Waals surface area contributed by atoms with Crippen LogP contribution in [0.15, 0.2) is 40.9 Å². The van der Waals surface area contributed by atoms with Gasteiger partial charge >= 0.3 is 0 Å². The zero-order valence-corrected chi connectivity index (χ0v) is 13.0. The molecule has 0 aliphatic heterocycles. The normalized spacial score (nSPS) is 10.5. The lowest BCUT2D eigenvalue weighted by atomic mass is 10.0. The summed E-state index contributed by atoms with van der Waals surface area (Å²) in [6.45, 7) is 1.97. The highest BCUT2D eigenvalue weighted by Gasteiger charge is 2.11. The molecule has 1 N–H and O–H groups in total. The molecule has 0 unspecified atom stereocenters. The molecule has 2 nitrogen and oxygen atoms in total. The first-order valence-electron chi connectivity index (χ1n) is 6.46. The average molecular weight is 354 g/mol. The SMILES string of the molecule is Cc1ccccc1CCC(=O)Nc1cc(F)c(Br)cc1F. The van der Waals surface area contributed by atoms with Crippen LogP contribution in [0.1, 0.15) is 17.5 Å². The van der Waals surface area contributed by atoms with Crippen LogP contribution in [0.4, 0.5) is 14.5 Å². The van der Waals surface area contributed by atoms with Crippen molar-refractivity contribution in [2.75, 3.05) is 5.32 Å². The second kappa shape index (κ2) is 6.80. The molecule has 0 aliphatic carbocycles. The van der Waals surface area contributed by atoms with E-state index in [1.807, 2.05) is 31.2 Å². The first-order chi connectivity index (χ1) is 9.97. The van der Waals surface area contributed by atoms with Crippen LogP contribution < -0.4 is 5.32 Å². The number of aryl methyl sites for hydroxylation is 2. The number of halogens is 3. The molecular weight excluding hydrogens is 340 g/mol. The van der Waals surface area contributed by atoms with E-state index in [-0.39, 0.29) is 22.5 Å². The fourth-order valence-electron chi connectivity index (χ4n) is 1.97. The van der Waals surface area contributed by atoms with Gasteiger partial charge in [0.05, 0.1) is 10.2 Å². The maximum Gasteiger partial charge on any atom is 0.224 e. The van der Waals surface area contributed by atoms with Crippen molar-refractivity contribution in [1.29, 1.82) is 0 Å². The van der Waals surface area contributed by atoms with Gasteiger partial charge in [-0.3, -0.25) is 4.79 Å². The second-order valence-corrected chi connectivity index (χ2v) is 5.58. The second-order valence-electron chi connectivity index (χ2n) is 4.72. The topological polar surface area (TPSA) is 29.1 Å². The molecule has 0 saturated heterocycles. The van der Waals surface area contributed by atoms with Gasteiger partial charge in [0.25, 0.3) is 0 Å². The molecule has 0 radical (unpaired) electrons. The van der Waals surface area contributed by atoms with Crippen LogP contribution in [0.5, 0.6) is 0 Å². The molecule has 0 aromatic heterocycles. The highest BCUT2D eigenvalue weighted by Crippen LogP contribution is 2.23. The number of hydrogen-bond donors (Lipinski definition) is 1. The van der Waals surface area contributed by atoms with Gasteiger partial charge in [0.2, 0.25) is 5.91 Å². The van der Waals surface area contributed by atoms with E-state index < -0.39 is 11.6 Å². The summed E-state index contributed by atoms with van der Waals surface area (Å²) in [4.78, 5) is 11.8. The molecular formula is C16H14BrF2NO. The minimum Gasteiger partial charge on any atom is -0.324 e. The smallest absolute Gasteiger partial charge is 0.224 e. The van der Waals surface area contributed by atoms with Gasteiger partial charge in [-0.1, -0.05) is 24.3 Å². The van der Waals surface area contributed by atoms with E-state index in [1.165, 1.54) is 0 Å². The van der Waals surface area contributed by atoms with E-state index >= 15 is 0 Å². The monoisotopic (exact) mass is 353 g/mol. The van der Waals surface area contributed by atoms with Crippen LogP contribution in [0.3, 0.4) is 0 Å². The van der Waals surface area contributed by atoms with E-state index in [0.29, 0.717) is 6.42 Å². The molecule has 0 fully saturated rings. The summed E-state index contributed by atoms with van der Waals surface area (Å²) in [6.07, 6.45) is 0.765. The zero-order valence-electron chi connectivity index (χ0n) is 11.4. The number of hydrogen-bond acceptors (Lipinski definition) is 1. The lowest BCUT2D eigenvalue weighted by Crippen LogP contribution is -2.14. The predicted molar refractivity (Wildman–Crippen MR) is 82.2 cm³/mol. The molecule has 0 heterocycles. The molecule has 0 spiro atoms. The summed E-state index contributed by atoms with van der Waals surface area (Å²) < 4.78 is 27.0. The summed E-state index contributed by atoms with van der Waals surface area (Å²) in [6, 6.07) is 9.71. The number of amides is 1. The van der Waals surface area contributed by atoms with Crippen molar-refractivity contribution in [3.63, 3.8) is 0 Å². The van der Waals surface area contributed by atoms with Crippen molar-refractivity contribution in [2.24, 2.45) is 0 Å². The standard InChI is InChI=1S/C16H14BrF2NO/c1-10-4-2-3-5-11(10)6-7-16(21)20-15-9-13(18)12(17)8-14(15)19/h2-5,8-9H,6-7H2,1H3,(H,20,21). The van der Waals surface area contributed by atoms with Crippen LogP contribution in [-0.4, -0.2) is 5.91 Å². The Morgan fingerprint density at radius 1 is 1.19 bits per heavy atom. The fraction of sp³-hybridized carbons (Fsp3) is 0.188. The third-order valence-electron chi connectivity index (χ3n) is 3.17. The first-order valence-corrected chi connectivity index (χ1v) is 7.25. The number of carbonyl (C=O) groups excluding carboxylic acids is 1. The van der Waals surface area contributed by atoms with Gasteiger partial charge in [-0.15, -0.1) is 0 Å². The predicted octanol–water partition coefficient (Wildman–Crippen LogP) is 4.61. The van der Waals surface area contributed by atoms with Crippen molar-refractivity contribution in [2.45, 2.75) is 19.8 Å². The minimum atomic E-state index is -0.674. The van der Waals surface area contributed by atoms with Gasteiger partial charge in [0.1, 0.15) is 11.6 Å². The molecule has 0 saturated carbocycles. The summed E-state index contributed by atoms with van der Waals surface area (Å²) in [5.74, 6) is -1.64. The Morgan fingerprint density at radius 2 is 1.90 bits per heavy atom. The maximum atomic E-state index is 13.6. The third kappa shape index (κ3) is 4.11. The van der Waals surface area contributed by atoms with Crippen molar-refractivity contribution < 1.29 is 13.6 Å². The minimum absolute atomic E-state index is 0.0258. The Balaban J connectivity index is 1.99. The lowest BCUT2D eigenvalue weighted by Gasteiger charge is -2.08. The van der Waals surface area contributed by atoms with E-state index in [9.17, 15) is 13.6 Å². The van der Waals surface area contributed by atoms with Gasteiger partial charge in [0.15, 0.2) is 0 Å². The van der Waals surface area contributed by atoms with Crippen molar-refractivity contribution in [3.05, 3.63) is 63.6 Å². The Bertz CT molecular complexity index is 673. The zero-order chi connectivity index (χ0) is 15.4. The van der Waals surface area contributed by atoms with Crippen LogP contribution in [0, 0.1) is 18.6 Å². The van der Waals surface area contributed by atoms with E-state index in [1.54, 1.807) is 0 Å². The number of carbonyl (C=O) groups is 1. The van der Waals surface area contributed by atoms with Crippen LogP contribution in [0.25, 0.3) is 0 Å². The maximum absolute atomic E-state index is 13.6. The molecule has 2 aromatic rings. The van der Waals surface area contributed by atoms with Crippen molar-refractivity contribution >= 4 is 27.5 Å². The summed E-state index contributed by atoms with van der Waals surface area (Å²) in [5, 5.41) is 2.39. The van der Waals surface area contributed by atoms with Gasteiger partial charge < -0.3 is 5.32 Å². The molecule has 21 heavy (non-hydrogen) atoms. The van der Waals surface area contributed by atoms with Crippen LogP contribution in [0.2, 0.25) is 0 Å². The summed E-state index contributed by atoms with van der Waals surface area (Å²) in [7, 11) is 0. The fourth-order valence-corrected chi connectivity index (χ4v) is 2.29. The molecule has 1 amide bonds. The number of anilines is 1. The first kappa shape index (κ1) is 15.6. The third-order valence-corrected chi connectivity index (χ3v) is 3.77. The number of rotatable bonds is 4. The van der Waals surface area contributed by atoms with Gasteiger partial charge in [0, 0.05) is 12.5 Å². The van der Waals surface area contributed by atoms with E-state index in [0.717, 1.165) is 23.3 Å². The van der Waals surface area contributed by atoms with Crippen LogP contribution in [-0.2, 0) is 11.2 Å². The molecule has 0 bridgehead atoms. The van der Waals surface area contributed by atoms with Crippen molar-refractivity contribution in [3.8, 4) is 0 Å². The lowest BCUT2D eigenvalue weighted by molar-refractivity contribution is -0.116. The number of nitrogens with one attached hydrogen (secondary N) is 1. The largest absolute Gasteiger partial charge is 0.324 e. The molecule has 2 aromatic carbocycles. The molecule has 0 aliphatic rings. The number of benzene rings is 2. The Hall–Kier alpha value is -1.75. The molecule has 110 valence electrons. The van der Waals surface area contributed by atoms with Crippen molar-refractivity contribution in [1.82, 2.24) is 0 Å². The van der Waals surface area contributed by atoms with Gasteiger partial charge in [-0.25, -0.2) is 8.78 Å². The Morgan fingerprint density at radius 3 is 2.62 bits per heavy atom. The van der Waals surface area contributed by atoms with E-state index in [2.05, 4.69) is 21.2 Å². The molecule has 2 rings (SSSR count). The van der Waals surface area contributed by atoms with Gasteiger partial charge in [-0.2, -0.15) is 0 Å². The van der Waals surface area contributed by atoms with E-state index in [4.69, 9.17) is 0 Å². The molecule has 5 heteroatoms. The Labute approximate surface area is 130 Å². The average Bonchev–Trinajstić information content (AvgIpc) is 2.44. The van der Waals surface area contributed by atoms with Crippen LogP contribution >= 0.6 is 15.9 Å². The highest BCUT2D eigenvalue weighted by atomic mass is 79.9. The summed E-state index contributed by atoms with van der Waals surface area (Å²) >= 11 is 2.89. The quantitative estimate of drug-likeness (QED) is 0.799. The summed E-state index contributed by atoms with van der Waals surface area (Å²) in [5.41, 5.74) is 2.02. The molecule has 0 atom stereocenters. The Kier molecular flexibility index (Phi) is 5.07. The highest BCUT2D eigenvalue weighted by molar-refractivity contribution is 9.10.